The minimum absolute atomic E-state index is 0.0151. The highest BCUT2D eigenvalue weighted by Gasteiger charge is 2.18. The number of rotatable bonds is 5. The van der Waals surface area contributed by atoms with Gasteiger partial charge in [0, 0.05) is 36.7 Å². The van der Waals surface area contributed by atoms with Crippen molar-refractivity contribution in [1.29, 1.82) is 0 Å². The molecule has 0 aliphatic carbocycles. The van der Waals surface area contributed by atoms with Crippen LogP contribution >= 0.6 is 0 Å². The predicted molar refractivity (Wildman–Crippen MR) is 72.9 cm³/mol. The minimum atomic E-state index is -0.323. The number of amides is 1. The summed E-state index contributed by atoms with van der Waals surface area (Å²) in [6.45, 7) is 3.71. The van der Waals surface area contributed by atoms with Gasteiger partial charge in [0.1, 0.15) is 0 Å². The molecule has 6 nitrogen and oxygen atoms in total. The molecule has 0 bridgehead atoms. The van der Waals surface area contributed by atoms with Crippen LogP contribution in [0.2, 0.25) is 0 Å². The van der Waals surface area contributed by atoms with Crippen LogP contribution < -0.4 is 5.32 Å². The van der Waals surface area contributed by atoms with Gasteiger partial charge in [0.25, 0.3) is 5.91 Å². The first-order valence-corrected chi connectivity index (χ1v) is 6.40. The fraction of sp³-hybridized carbons (Fsp3) is 0.357. The second kappa shape index (κ2) is 6.29. The number of aromatic nitrogens is 2. The molecular weight excluding hydrogens is 258 g/mol. The molecule has 2 atom stereocenters. The number of hydrogen-bond donors (Lipinski definition) is 2. The van der Waals surface area contributed by atoms with Crippen LogP contribution in [-0.4, -0.2) is 33.8 Å². The molecule has 0 saturated carbocycles. The van der Waals surface area contributed by atoms with Gasteiger partial charge in [0.2, 0.25) is 0 Å². The summed E-state index contributed by atoms with van der Waals surface area (Å²) in [5.41, 5.74) is 0.969. The first-order valence-electron chi connectivity index (χ1n) is 6.40. The molecule has 6 heteroatoms. The van der Waals surface area contributed by atoms with Crippen LogP contribution in [0.5, 0.6) is 0 Å². The highest BCUT2D eigenvalue weighted by Crippen LogP contribution is 2.18. The van der Waals surface area contributed by atoms with Crippen molar-refractivity contribution in [3.05, 3.63) is 36.3 Å². The molecule has 0 aliphatic heterocycles. The Hall–Kier alpha value is -2.21. The van der Waals surface area contributed by atoms with E-state index in [1.54, 1.807) is 24.5 Å². The molecule has 0 aliphatic rings. The number of nitrogens with zero attached hydrogens (tertiary/aromatic N) is 2. The third kappa shape index (κ3) is 3.21. The molecule has 106 valence electrons. The van der Waals surface area contributed by atoms with Crippen LogP contribution in [0.4, 0.5) is 0 Å². The number of carbonyl (C=O) groups excluding carboxylic acids is 1. The van der Waals surface area contributed by atoms with Gasteiger partial charge in [0.15, 0.2) is 11.5 Å². The van der Waals surface area contributed by atoms with E-state index in [0.29, 0.717) is 5.76 Å². The molecule has 2 unspecified atom stereocenters. The topological polar surface area (TPSA) is 88.2 Å². The highest BCUT2D eigenvalue weighted by molar-refractivity contribution is 5.93. The van der Waals surface area contributed by atoms with E-state index in [9.17, 15) is 4.79 Å². The van der Waals surface area contributed by atoms with Crippen LogP contribution in [0.3, 0.4) is 0 Å². The monoisotopic (exact) mass is 275 g/mol. The zero-order valence-corrected chi connectivity index (χ0v) is 11.4. The number of aliphatic hydroxyl groups is 1. The van der Waals surface area contributed by atoms with Gasteiger partial charge < -0.3 is 14.9 Å². The van der Waals surface area contributed by atoms with Gasteiger partial charge in [-0.25, -0.2) is 0 Å². The SMILES string of the molecule is CC(CO)C(C)NC(=O)c1cc(-c2cccnc2)on1. The molecule has 2 rings (SSSR count). The summed E-state index contributed by atoms with van der Waals surface area (Å²) >= 11 is 0. The quantitative estimate of drug-likeness (QED) is 0.863. The van der Waals surface area contributed by atoms with Crippen molar-refractivity contribution in [1.82, 2.24) is 15.5 Å². The third-order valence-corrected chi connectivity index (χ3v) is 3.19. The lowest BCUT2D eigenvalue weighted by Gasteiger charge is -2.18. The van der Waals surface area contributed by atoms with Gasteiger partial charge in [-0.15, -0.1) is 0 Å². The zero-order chi connectivity index (χ0) is 14.5. The second-order valence-corrected chi connectivity index (χ2v) is 4.74. The minimum Gasteiger partial charge on any atom is -0.396 e. The summed E-state index contributed by atoms with van der Waals surface area (Å²) in [7, 11) is 0. The number of carbonyl (C=O) groups is 1. The smallest absolute Gasteiger partial charge is 0.273 e. The average Bonchev–Trinajstić information content (AvgIpc) is 2.97. The lowest BCUT2D eigenvalue weighted by molar-refractivity contribution is 0.0907. The van der Waals surface area contributed by atoms with Gasteiger partial charge in [-0.2, -0.15) is 0 Å². The molecule has 2 aromatic rings. The first kappa shape index (κ1) is 14.2. The van der Waals surface area contributed by atoms with E-state index in [4.69, 9.17) is 9.63 Å². The maximum absolute atomic E-state index is 12.0. The number of aliphatic hydroxyl groups excluding tert-OH is 1. The van der Waals surface area contributed by atoms with Gasteiger partial charge in [0.05, 0.1) is 0 Å². The fourth-order valence-electron chi connectivity index (χ4n) is 1.61. The Kier molecular flexibility index (Phi) is 4.47. The Morgan fingerprint density at radius 1 is 1.50 bits per heavy atom. The van der Waals surface area contributed by atoms with Crippen molar-refractivity contribution in [2.45, 2.75) is 19.9 Å². The molecule has 0 saturated heterocycles. The summed E-state index contributed by atoms with van der Waals surface area (Å²) in [6.07, 6.45) is 3.30. The number of pyridine rings is 1. The van der Waals surface area contributed by atoms with E-state index < -0.39 is 0 Å². The molecule has 2 heterocycles. The Morgan fingerprint density at radius 2 is 2.30 bits per heavy atom. The van der Waals surface area contributed by atoms with Crippen LogP contribution in [-0.2, 0) is 0 Å². The number of hydrogen-bond acceptors (Lipinski definition) is 5. The van der Waals surface area contributed by atoms with Crippen LogP contribution in [0.15, 0.2) is 35.1 Å². The normalized spacial score (nSPS) is 13.8. The number of nitrogens with one attached hydrogen (secondary N) is 1. The van der Waals surface area contributed by atoms with Gasteiger partial charge in [-0.3, -0.25) is 9.78 Å². The predicted octanol–water partition coefficient (Wildman–Crippen LogP) is 1.48. The molecular formula is C14H17N3O3. The van der Waals surface area contributed by atoms with Crippen molar-refractivity contribution < 1.29 is 14.4 Å². The molecule has 20 heavy (non-hydrogen) atoms. The Bertz CT molecular complexity index is 568. The molecule has 1 amide bonds. The van der Waals surface area contributed by atoms with Crippen molar-refractivity contribution in [3.8, 4) is 11.3 Å². The van der Waals surface area contributed by atoms with E-state index in [1.165, 1.54) is 0 Å². The Balaban J connectivity index is 2.07. The van der Waals surface area contributed by atoms with E-state index in [-0.39, 0.29) is 30.2 Å². The third-order valence-electron chi connectivity index (χ3n) is 3.19. The van der Waals surface area contributed by atoms with Crippen LogP contribution in [0, 0.1) is 5.92 Å². The van der Waals surface area contributed by atoms with Crippen LogP contribution in [0.1, 0.15) is 24.3 Å². The van der Waals surface area contributed by atoms with E-state index in [1.807, 2.05) is 19.9 Å². The molecule has 2 aromatic heterocycles. The molecule has 0 fully saturated rings. The molecule has 0 radical (unpaired) electrons. The molecule has 0 spiro atoms. The van der Waals surface area contributed by atoms with Crippen molar-refractivity contribution in [3.63, 3.8) is 0 Å². The second-order valence-electron chi connectivity index (χ2n) is 4.74. The van der Waals surface area contributed by atoms with Crippen molar-refractivity contribution in [2.24, 2.45) is 5.92 Å². The maximum atomic E-state index is 12.0. The van der Waals surface area contributed by atoms with E-state index in [2.05, 4.69) is 15.5 Å². The fourth-order valence-corrected chi connectivity index (χ4v) is 1.61. The Labute approximate surface area is 116 Å². The average molecular weight is 275 g/mol. The van der Waals surface area contributed by atoms with Crippen molar-refractivity contribution >= 4 is 5.91 Å². The molecule has 0 aromatic carbocycles. The first-order chi connectivity index (χ1) is 9.61. The van der Waals surface area contributed by atoms with Crippen LogP contribution in [0.25, 0.3) is 11.3 Å². The standard InChI is InChI=1S/C14H17N3O3/c1-9(8-18)10(2)16-14(19)12-6-13(20-17-12)11-4-3-5-15-7-11/h3-7,9-10,18H,8H2,1-2H3,(H,16,19). The largest absolute Gasteiger partial charge is 0.396 e. The van der Waals surface area contributed by atoms with E-state index >= 15 is 0 Å². The van der Waals surface area contributed by atoms with Gasteiger partial charge in [-0.1, -0.05) is 12.1 Å². The summed E-state index contributed by atoms with van der Waals surface area (Å²) in [4.78, 5) is 16.0. The summed E-state index contributed by atoms with van der Waals surface area (Å²) < 4.78 is 5.14. The summed E-state index contributed by atoms with van der Waals surface area (Å²) in [6, 6.07) is 5.03. The highest BCUT2D eigenvalue weighted by atomic mass is 16.5. The lowest BCUT2D eigenvalue weighted by atomic mass is 10.1. The summed E-state index contributed by atoms with van der Waals surface area (Å²) in [5.74, 6) is 0.145. The summed E-state index contributed by atoms with van der Waals surface area (Å²) in [5, 5.41) is 15.6. The van der Waals surface area contributed by atoms with Gasteiger partial charge in [-0.05, 0) is 25.0 Å². The molecule has 2 N–H and O–H groups in total. The lowest BCUT2D eigenvalue weighted by Crippen LogP contribution is -2.38. The zero-order valence-electron chi connectivity index (χ0n) is 11.4. The van der Waals surface area contributed by atoms with E-state index in [0.717, 1.165) is 5.56 Å². The Morgan fingerprint density at radius 3 is 2.95 bits per heavy atom. The maximum Gasteiger partial charge on any atom is 0.273 e. The van der Waals surface area contributed by atoms with Gasteiger partial charge >= 0.3 is 0 Å². The van der Waals surface area contributed by atoms with Crippen molar-refractivity contribution in [2.75, 3.05) is 6.61 Å².